The number of carbonyl (C=O) groups is 1. The second-order valence-electron chi connectivity index (χ2n) is 4.45. The lowest BCUT2D eigenvalue weighted by molar-refractivity contribution is 0.100. The molecule has 1 atom stereocenters. The zero-order chi connectivity index (χ0) is 12.4. The number of halogens is 1. The van der Waals surface area contributed by atoms with E-state index in [0.717, 1.165) is 25.2 Å². The molecule has 0 aliphatic carbocycles. The Balaban J connectivity index is 2.07. The molecule has 1 saturated heterocycles. The zero-order valence-electron chi connectivity index (χ0n) is 9.74. The van der Waals surface area contributed by atoms with Crippen LogP contribution < -0.4 is 11.1 Å². The Hall–Kier alpha value is -1.26. The summed E-state index contributed by atoms with van der Waals surface area (Å²) >= 11 is 5.99. The van der Waals surface area contributed by atoms with Gasteiger partial charge in [-0.15, -0.1) is 0 Å². The lowest BCUT2D eigenvalue weighted by Crippen LogP contribution is -2.23. The second kappa shape index (κ2) is 4.94. The van der Waals surface area contributed by atoms with Gasteiger partial charge in [0.25, 0.3) is 0 Å². The van der Waals surface area contributed by atoms with Gasteiger partial charge in [0.2, 0.25) is 5.91 Å². The van der Waals surface area contributed by atoms with Crippen molar-refractivity contribution in [1.82, 2.24) is 4.90 Å². The number of likely N-dealkylation sites (N-methyl/N-ethyl adjacent to an activating group) is 1. The summed E-state index contributed by atoms with van der Waals surface area (Å²) in [5, 5.41) is 3.80. The monoisotopic (exact) mass is 253 g/mol. The number of anilines is 1. The number of likely N-dealkylation sites (tertiary alicyclic amines) is 1. The molecule has 0 saturated carbocycles. The lowest BCUT2D eigenvalue weighted by Gasteiger charge is -2.15. The minimum Gasteiger partial charge on any atom is -0.381 e. The predicted octanol–water partition coefficient (Wildman–Crippen LogP) is 1.55. The van der Waals surface area contributed by atoms with Crippen LogP contribution in [0.5, 0.6) is 0 Å². The van der Waals surface area contributed by atoms with Crippen molar-refractivity contribution >= 4 is 23.2 Å². The van der Waals surface area contributed by atoms with Gasteiger partial charge in [-0.1, -0.05) is 11.6 Å². The van der Waals surface area contributed by atoms with Crippen LogP contribution in [0.4, 0.5) is 5.69 Å². The van der Waals surface area contributed by atoms with Crippen LogP contribution in [0.2, 0.25) is 5.02 Å². The van der Waals surface area contributed by atoms with Gasteiger partial charge >= 0.3 is 0 Å². The third-order valence-corrected chi connectivity index (χ3v) is 3.31. The van der Waals surface area contributed by atoms with E-state index >= 15 is 0 Å². The van der Waals surface area contributed by atoms with E-state index in [4.69, 9.17) is 17.3 Å². The van der Waals surface area contributed by atoms with Gasteiger partial charge < -0.3 is 16.0 Å². The first-order valence-electron chi connectivity index (χ1n) is 5.60. The fraction of sp³-hybridized carbons (Fsp3) is 0.417. The molecule has 4 nitrogen and oxygen atoms in total. The topological polar surface area (TPSA) is 58.4 Å². The molecule has 0 spiro atoms. The minimum atomic E-state index is -0.498. The lowest BCUT2D eigenvalue weighted by atomic mass is 10.1. The molecule has 2 rings (SSSR count). The SMILES string of the molecule is CN1CCC(Nc2ccc(C(N)=O)c(Cl)c2)C1. The van der Waals surface area contributed by atoms with Gasteiger partial charge in [0.05, 0.1) is 10.6 Å². The summed E-state index contributed by atoms with van der Waals surface area (Å²) in [7, 11) is 2.10. The fourth-order valence-corrected chi connectivity index (χ4v) is 2.37. The average Bonchev–Trinajstić information content (AvgIpc) is 2.63. The van der Waals surface area contributed by atoms with Crippen molar-refractivity contribution in [3.8, 4) is 0 Å². The maximum absolute atomic E-state index is 11.0. The van der Waals surface area contributed by atoms with Crippen molar-refractivity contribution in [2.45, 2.75) is 12.5 Å². The molecule has 1 fully saturated rings. The molecular formula is C12H16ClN3O. The van der Waals surface area contributed by atoms with E-state index in [1.54, 1.807) is 12.1 Å². The number of hydrogen-bond donors (Lipinski definition) is 2. The van der Waals surface area contributed by atoms with Crippen LogP contribution in [-0.2, 0) is 0 Å². The van der Waals surface area contributed by atoms with E-state index in [-0.39, 0.29) is 0 Å². The van der Waals surface area contributed by atoms with Gasteiger partial charge in [0, 0.05) is 18.3 Å². The number of primary amides is 1. The number of nitrogens with two attached hydrogens (primary N) is 1. The molecule has 17 heavy (non-hydrogen) atoms. The minimum absolute atomic E-state index is 0.362. The standard InChI is InChI=1S/C12H16ClN3O/c1-16-5-4-9(7-16)15-8-2-3-10(12(14)17)11(13)6-8/h2-3,6,9,15H,4-5,7H2,1H3,(H2,14,17). The summed E-state index contributed by atoms with van der Waals surface area (Å²) in [6.07, 6.45) is 1.12. The van der Waals surface area contributed by atoms with Gasteiger partial charge in [-0.2, -0.15) is 0 Å². The van der Waals surface area contributed by atoms with Crippen molar-refractivity contribution in [2.24, 2.45) is 5.73 Å². The molecule has 1 heterocycles. The quantitative estimate of drug-likeness (QED) is 0.860. The van der Waals surface area contributed by atoms with E-state index in [0.29, 0.717) is 16.6 Å². The molecule has 0 bridgehead atoms. The van der Waals surface area contributed by atoms with Crippen molar-refractivity contribution in [3.05, 3.63) is 28.8 Å². The Morgan fingerprint density at radius 3 is 2.88 bits per heavy atom. The highest BCUT2D eigenvalue weighted by Gasteiger charge is 2.19. The van der Waals surface area contributed by atoms with Gasteiger partial charge in [0.1, 0.15) is 0 Å². The molecule has 5 heteroatoms. The molecule has 1 amide bonds. The summed E-state index contributed by atoms with van der Waals surface area (Å²) in [5.74, 6) is -0.498. The number of rotatable bonds is 3. The van der Waals surface area contributed by atoms with Gasteiger partial charge in [-0.05, 0) is 38.2 Å². The Morgan fingerprint density at radius 1 is 1.59 bits per heavy atom. The molecule has 1 unspecified atom stereocenters. The third-order valence-electron chi connectivity index (χ3n) is 3.00. The largest absolute Gasteiger partial charge is 0.381 e. The fourth-order valence-electron chi connectivity index (χ4n) is 2.09. The van der Waals surface area contributed by atoms with E-state index in [1.165, 1.54) is 0 Å². The second-order valence-corrected chi connectivity index (χ2v) is 4.86. The van der Waals surface area contributed by atoms with Crippen LogP contribution in [0.15, 0.2) is 18.2 Å². The Kier molecular flexibility index (Phi) is 3.54. The number of benzene rings is 1. The first kappa shape index (κ1) is 12.2. The highest BCUT2D eigenvalue weighted by Crippen LogP contribution is 2.22. The molecule has 92 valence electrons. The summed E-state index contributed by atoms with van der Waals surface area (Å²) < 4.78 is 0. The smallest absolute Gasteiger partial charge is 0.250 e. The number of hydrogen-bond acceptors (Lipinski definition) is 3. The van der Waals surface area contributed by atoms with E-state index < -0.39 is 5.91 Å². The Morgan fingerprint density at radius 2 is 2.35 bits per heavy atom. The highest BCUT2D eigenvalue weighted by molar-refractivity contribution is 6.34. The first-order chi connectivity index (χ1) is 8.06. The van der Waals surface area contributed by atoms with Gasteiger partial charge in [0.15, 0.2) is 0 Å². The summed E-state index contributed by atoms with van der Waals surface area (Å²) in [5.41, 5.74) is 6.49. The molecule has 0 aromatic heterocycles. The van der Waals surface area contributed by atoms with Crippen molar-refractivity contribution < 1.29 is 4.79 Å². The number of amides is 1. The molecule has 0 radical (unpaired) electrons. The average molecular weight is 254 g/mol. The number of nitrogens with zero attached hydrogens (tertiary/aromatic N) is 1. The molecule has 1 aliphatic rings. The maximum Gasteiger partial charge on any atom is 0.250 e. The van der Waals surface area contributed by atoms with Gasteiger partial charge in [-0.3, -0.25) is 4.79 Å². The summed E-state index contributed by atoms with van der Waals surface area (Å²) in [6.45, 7) is 2.12. The van der Waals surface area contributed by atoms with Crippen LogP contribution in [0.1, 0.15) is 16.8 Å². The summed E-state index contributed by atoms with van der Waals surface area (Å²) in [4.78, 5) is 13.3. The third kappa shape index (κ3) is 2.90. The molecule has 1 aliphatic heterocycles. The van der Waals surface area contributed by atoms with E-state index in [1.807, 2.05) is 6.07 Å². The van der Waals surface area contributed by atoms with Crippen LogP contribution in [0.25, 0.3) is 0 Å². The first-order valence-corrected chi connectivity index (χ1v) is 5.98. The molecule has 1 aromatic carbocycles. The van der Waals surface area contributed by atoms with Crippen molar-refractivity contribution in [3.63, 3.8) is 0 Å². The van der Waals surface area contributed by atoms with Crippen molar-refractivity contribution in [1.29, 1.82) is 0 Å². The van der Waals surface area contributed by atoms with Crippen LogP contribution in [0.3, 0.4) is 0 Å². The normalized spacial score (nSPS) is 20.5. The molecular weight excluding hydrogens is 238 g/mol. The van der Waals surface area contributed by atoms with E-state index in [2.05, 4.69) is 17.3 Å². The number of nitrogens with one attached hydrogen (secondary N) is 1. The number of carbonyl (C=O) groups excluding carboxylic acids is 1. The highest BCUT2D eigenvalue weighted by atomic mass is 35.5. The Bertz CT molecular complexity index is 436. The van der Waals surface area contributed by atoms with Crippen LogP contribution >= 0.6 is 11.6 Å². The Labute approximate surface area is 106 Å². The zero-order valence-corrected chi connectivity index (χ0v) is 10.5. The molecule has 1 aromatic rings. The van der Waals surface area contributed by atoms with Crippen molar-refractivity contribution in [2.75, 3.05) is 25.5 Å². The van der Waals surface area contributed by atoms with Gasteiger partial charge in [-0.25, -0.2) is 0 Å². The van der Waals surface area contributed by atoms with E-state index in [9.17, 15) is 4.79 Å². The van der Waals surface area contributed by atoms with Crippen LogP contribution in [0, 0.1) is 0 Å². The summed E-state index contributed by atoms with van der Waals surface area (Å²) in [6, 6.07) is 5.69. The molecule has 3 N–H and O–H groups in total. The predicted molar refractivity (Wildman–Crippen MR) is 69.5 cm³/mol. The maximum atomic E-state index is 11.0. The van der Waals surface area contributed by atoms with Crippen LogP contribution in [-0.4, -0.2) is 37.0 Å².